The Morgan fingerprint density at radius 2 is 2.00 bits per heavy atom. The van der Waals surface area contributed by atoms with Gasteiger partial charge in [-0.3, -0.25) is 9.69 Å². The fourth-order valence-corrected chi connectivity index (χ4v) is 6.13. The number of thiophene rings is 1. The van der Waals surface area contributed by atoms with Gasteiger partial charge in [-0.1, -0.05) is 18.2 Å². The number of piperidine rings is 1. The first-order valence-corrected chi connectivity index (χ1v) is 13.2. The number of carbonyl (C=O) groups excluding carboxylic acids is 2. The molecule has 8 nitrogen and oxygen atoms in total. The number of pyridine rings is 1. The summed E-state index contributed by atoms with van der Waals surface area (Å²) in [6.07, 6.45) is 0.816. The van der Waals surface area contributed by atoms with Gasteiger partial charge in [0, 0.05) is 25.7 Å². The predicted molar refractivity (Wildman–Crippen MR) is 147 cm³/mol. The van der Waals surface area contributed by atoms with E-state index in [1.54, 1.807) is 17.2 Å². The highest BCUT2D eigenvalue weighted by atomic mass is 32.1. The fraction of sp³-hybridized carbons (Fsp3) is 0.250. The second-order valence-corrected chi connectivity index (χ2v) is 10.9. The van der Waals surface area contributed by atoms with Gasteiger partial charge in [0.1, 0.15) is 27.4 Å². The Labute approximate surface area is 222 Å². The number of rotatable bonds is 5. The maximum Gasteiger partial charge on any atom is 0.331 e. The average Bonchev–Trinajstić information content (AvgIpc) is 3.25. The van der Waals surface area contributed by atoms with Gasteiger partial charge in [-0.25, -0.2) is 14.2 Å². The molecule has 0 spiro atoms. The number of anilines is 3. The lowest BCUT2D eigenvalue weighted by atomic mass is 9.91. The molecule has 0 unspecified atom stereocenters. The van der Waals surface area contributed by atoms with Gasteiger partial charge in [0.15, 0.2) is 0 Å². The number of ether oxygens (including phenoxy) is 1. The molecule has 4 heterocycles. The molecule has 38 heavy (non-hydrogen) atoms. The van der Waals surface area contributed by atoms with Crippen molar-refractivity contribution in [1.29, 1.82) is 0 Å². The molecule has 6 rings (SSSR count). The van der Waals surface area contributed by atoms with Crippen LogP contribution in [0.5, 0.6) is 11.5 Å². The molecular weight excluding hydrogens is 505 g/mol. The van der Waals surface area contributed by atoms with Crippen LogP contribution in [0.15, 0.2) is 60.8 Å². The molecule has 2 aliphatic heterocycles. The number of carbonyl (C=O) groups is 2. The second-order valence-electron chi connectivity index (χ2n) is 9.89. The van der Waals surface area contributed by atoms with Gasteiger partial charge >= 0.3 is 6.03 Å². The summed E-state index contributed by atoms with van der Waals surface area (Å²) in [4.78, 5) is 33.9. The minimum atomic E-state index is -1.04. The summed E-state index contributed by atoms with van der Waals surface area (Å²) >= 11 is 1.21. The van der Waals surface area contributed by atoms with Gasteiger partial charge in [-0.2, -0.15) is 0 Å². The molecule has 4 aromatic rings. The molecule has 0 aliphatic carbocycles. The van der Waals surface area contributed by atoms with Gasteiger partial charge in [-0.05, 0) is 55.8 Å². The lowest BCUT2D eigenvalue weighted by Gasteiger charge is -2.36. The number of aromatic nitrogens is 1. The van der Waals surface area contributed by atoms with E-state index in [1.165, 1.54) is 11.3 Å². The van der Waals surface area contributed by atoms with E-state index in [0.717, 1.165) is 11.3 Å². The number of nitrogens with one attached hydrogen (secondary N) is 3. The van der Waals surface area contributed by atoms with E-state index in [9.17, 15) is 14.0 Å². The highest BCUT2D eigenvalue weighted by Gasteiger charge is 2.37. The van der Waals surface area contributed by atoms with Gasteiger partial charge < -0.3 is 20.7 Å². The van der Waals surface area contributed by atoms with Crippen LogP contribution < -0.4 is 25.6 Å². The first-order valence-electron chi connectivity index (χ1n) is 12.3. The molecule has 194 valence electrons. The molecule has 1 saturated heterocycles. The van der Waals surface area contributed by atoms with Gasteiger partial charge in [0.2, 0.25) is 0 Å². The van der Waals surface area contributed by atoms with Crippen molar-refractivity contribution in [1.82, 2.24) is 15.6 Å². The average molecular weight is 532 g/mol. The van der Waals surface area contributed by atoms with E-state index < -0.39 is 11.7 Å². The molecule has 0 bridgehead atoms. The summed E-state index contributed by atoms with van der Waals surface area (Å²) in [5.74, 6) is 1.02. The number of hydrogen-bond donors (Lipinski definition) is 3. The van der Waals surface area contributed by atoms with Crippen molar-refractivity contribution in [2.24, 2.45) is 0 Å². The number of halogens is 1. The predicted octanol–water partition coefficient (Wildman–Crippen LogP) is 5.90. The topological polar surface area (TPSA) is 95.6 Å². The number of para-hydroxylation sites is 1. The number of nitrogens with zero attached hydrogens (tertiary/aromatic N) is 2. The van der Waals surface area contributed by atoms with Crippen molar-refractivity contribution in [3.8, 4) is 11.5 Å². The summed E-state index contributed by atoms with van der Waals surface area (Å²) < 4.78 is 20.0. The summed E-state index contributed by atoms with van der Waals surface area (Å²) in [6.45, 7) is 4.47. The number of hydrogen-bond acceptors (Lipinski definition) is 6. The summed E-state index contributed by atoms with van der Waals surface area (Å²) in [7, 11) is 0. The van der Waals surface area contributed by atoms with Crippen molar-refractivity contribution in [2.45, 2.75) is 32.0 Å². The first kappa shape index (κ1) is 24.3. The van der Waals surface area contributed by atoms with E-state index in [4.69, 9.17) is 4.74 Å². The van der Waals surface area contributed by atoms with Crippen LogP contribution in [0.2, 0.25) is 0 Å². The van der Waals surface area contributed by atoms with Crippen LogP contribution in [0.1, 0.15) is 28.6 Å². The smallest absolute Gasteiger partial charge is 0.331 e. The molecule has 1 fully saturated rings. The lowest BCUT2D eigenvalue weighted by molar-refractivity contribution is 0.0862. The van der Waals surface area contributed by atoms with Crippen LogP contribution >= 0.6 is 11.3 Å². The monoisotopic (exact) mass is 531 g/mol. The zero-order valence-corrected chi connectivity index (χ0v) is 21.7. The largest absolute Gasteiger partial charge is 0.457 e. The quantitative estimate of drug-likeness (QED) is 0.298. The standard InChI is InChI=1S/C28H26FN5O3S/c1-16-12-19(37-18-6-4-3-5-7-18)8-9-20(16)34-21-10-11-31-26-22(21)23(32-27(34)36)24(38-26)25(35)33-28(2)13-17(29)14-30-15-28/h3-12,17,30H,13-15H2,1-2H3,(H,32,36)(H,33,35)/t17-,28-/m1/s1. The molecule has 3 amide bonds. The van der Waals surface area contributed by atoms with Crippen LogP contribution in [0.4, 0.5) is 26.2 Å². The van der Waals surface area contributed by atoms with Crippen LogP contribution in [0.3, 0.4) is 0 Å². The van der Waals surface area contributed by atoms with Crippen LogP contribution in [0, 0.1) is 6.92 Å². The Morgan fingerprint density at radius 1 is 1.18 bits per heavy atom. The van der Waals surface area contributed by atoms with E-state index in [1.807, 2.05) is 62.4 Å². The van der Waals surface area contributed by atoms with Crippen molar-refractivity contribution < 1.29 is 18.7 Å². The zero-order valence-electron chi connectivity index (χ0n) is 20.9. The highest BCUT2D eigenvalue weighted by molar-refractivity contribution is 7.21. The summed E-state index contributed by atoms with van der Waals surface area (Å²) in [6, 6.07) is 16.4. The minimum absolute atomic E-state index is 0.221. The maximum absolute atomic E-state index is 14.0. The molecule has 0 radical (unpaired) electrons. The van der Waals surface area contributed by atoms with Crippen molar-refractivity contribution >= 4 is 50.6 Å². The fourth-order valence-electron chi connectivity index (χ4n) is 5.11. The van der Waals surface area contributed by atoms with Gasteiger partial charge in [0.25, 0.3) is 5.91 Å². The van der Waals surface area contributed by atoms with E-state index in [-0.39, 0.29) is 24.9 Å². The SMILES string of the molecule is Cc1cc(Oc2ccccc2)ccc1N1C(=O)Nc2c(C(=O)N[C@@]3(C)CNC[C@H](F)C3)sc3nccc1c23. The Morgan fingerprint density at radius 3 is 2.76 bits per heavy atom. The number of benzene rings is 2. The molecule has 2 atom stereocenters. The number of urea groups is 1. The van der Waals surface area contributed by atoms with E-state index >= 15 is 0 Å². The van der Waals surface area contributed by atoms with E-state index in [0.29, 0.717) is 44.5 Å². The van der Waals surface area contributed by atoms with Crippen molar-refractivity contribution in [3.63, 3.8) is 0 Å². The van der Waals surface area contributed by atoms with Gasteiger partial charge in [0.05, 0.1) is 28.0 Å². The third kappa shape index (κ3) is 4.35. The molecule has 3 N–H and O–H groups in total. The van der Waals surface area contributed by atoms with Crippen molar-refractivity contribution in [3.05, 3.63) is 71.2 Å². The maximum atomic E-state index is 14.0. The van der Waals surface area contributed by atoms with Gasteiger partial charge in [-0.15, -0.1) is 11.3 Å². The van der Waals surface area contributed by atoms with Crippen LogP contribution in [-0.4, -0.2) is 41.7 Å². The number of amides is 3. The molecule has 0 saturated carbocycles. The Hall–Kier alpha value is -4.02. The molecule has 2 aliphatic rings. The van der Waals surface area contributed by atoms with Crippen molar-refractivity contribution in [2.75, 3.05) is 23.3 Å². The summed E-state index contributed by atoms with van der Waals surface area (Å²) in [5, 5.41) is 9.62. The number of aryl methyl sites for hydroxylation is 1. The molecule has 10 heteroatoms. The molecule has 2 aromatic carbocycles. The Balaban J connectivity index is 1.34. The van der Waals surface area contributed by atoms with Crippen LogP contribution in [-0.2, 0) is 0 Å². The zero-order chi connectivity index (χ0) is 26.4. The minimum Gasteiger partial charge on any atom is -0.457 e. The molecular formula is C28H26FN5O3S. The van der Waals surface area contributed by atoms with Crippen LogP contribution in [0.25, 0.3) is 10.2 Å². The Bertz CT molecular complexity index is 1560. The first-order chi connectivity index (χ1) is 18.3. The number of alkyl halides is 1. The third-order valence-corrected chi connectivity index (χ3v) is 7.91. The Kier molecular flexibility index (Phi) is 6.00. The second kappa shape index (κ2) is 9.38. The van der Waals surface area contributed by atoms with E-state index in [2.05, 4.69) is 20.9 Å². The normalized spacial score (nSPS) is 20.8. The lowest BCUT2D eigenvalue weighted by Crippen LogP contribution is -2.58. The highest BCUT2D eigenvalue weighted by Crippen LogP contribution is 2.46. The third-order valence-electron chi connectivity index (χ3n) is 6.81. The summed E-state index contributed by atoms with van der Waals surface area (Å²) in [5.41, 5.74) is 1.86. The molecule has 2 aromatic heterocycles.